The van der Waals surface area contributed by atoms with Crippen molar-refractivity contribution < 1.29 is 22.7 Å². The van der Waals surface area contributed by atoms with E-state index in [0.29, 0.717) is 11.3 Å². The zero-order valence-corrected chi connectivity index (χ0v) is 15.4. The van der Waals surface area contributed by atoms with Gasteiger partial charge in [0.15, 0.2) is 0 Å². The van der Waals surface area contributed by atoms with Crippen LogP contribution in [-0.2, 0) is 6.54 Å². The van der Waals surface area contributed by atoms with E-state index in [0.717, 1.165) is 16.6 Å². The summed E-state index contributed by atoms with van der Waals surface area (Å²) in [5.41, 5.74) is 6.74. The highest BCUT2D eigenvalue weighted by atomic mass is 19.4. The molecule has 0 aliphatic carbocycles. The highest BCUT2D eigenvalue weighted by Crippen LogP contribution is 2.25. The molecule has 3 rings (SSSR count). The Hall–Kier alpha value is -3.67. The van der Waals surface area contributed by atoms with Crippen LogP contribution >= 0.6 is 0 Å². The normalized spacial score (nSPS) is 11.0. The van der Waals surface area contributed by atoms with Gasteiger partial charge in [0.05, 0.1) is 36.7 Å². The summed E-state index contributed by atoms with van der Waals surface area (Å²) >= 11 is 0. The van der Waals surface area contributed by atoms with Crippen molar-refractivity contribution >= 4 is 22.6 Å². The molecule has 0 atom stereocenters. The van der Waals surface area contributed by atoms with Crippen molar-refractivity contribution in [2.45, 2.75) is 12.7 Å². The number of aromatic nitrogens is 2. The quantitative estimate of drug-likeness (QED) is 0.643. The molecule has 2 aromatic carbocycles. The van der Waals surface area contributed by atoms with Gasteiger partial charge >= 0.3 is 6.18 Å². The number of anilines is 1. The summed E-state index contributed by atoms with van der Waals surface area (Å²) in [6.07, 6.45) is -3.40. The lowest BCUT2D eigenvalue weighted by molar-refractivity contribution is -0.139. The Morgan fingerprint density at radius 2 is 2.07 bits per heavy atom. The third kappa shape index (κ3) is 4.79. The second-order valence-corrected chi connectivity index (χ2v) is 6.10. The van der Waals surface area contributed by atoms with Gasteiger partial charge in [0, 0.05) is 5.56 Å². The molecule has 0 fully saturated rings. The SMILES string of the molecule is COc1ccccc1NCC#Cc1cc(C(N)=O)c2ncn(CC(F)(F)F)c2c1. The van der Waals surface area contributed by atoms with Crippen LogP contribution in [0.3, 0.4) is 0 Å². The summed E-state index contributed by atoms with van der Waals surface area (Å²) in [4.78, 5) is 15.6. The number of nitrogens with two attached hydrogens (primary N) is 1. The van der Waals surface area contributed by atoms with Crippen LogP contribution in [0.2, 0.25) is 0 Å². The van der Waals surface area contributed by atoms with Crippen molar-refractivity contribution in [3.05, 3.63) is 53.9 Å². The number of hydrogen-bond acceptors (Lipinski definition) is 4. The van der Waals surface area contributed by atoms with E-state index in [2.05, 4.69) is 22.1 Å². The van der Waals surface area contributed by atoms with Gasteiger partial charge in [0.2, 0.25) is 0 Å². The number of carbonyl (C=O) groups excluding carboxylic acids is 1. The van der Waals surface area contributed by atoms with Crippen molar-refractivity contribution in [2.75, 3.05) is 19.0 Å². The number of imidazole rings is 1. The van der Waals surface area contributed by atoms with Gasteiger partial charge in [-0.15, -0.1) is 0 Å². The summed E-state index contributed by atoms with van der Waals surface area (Å²) in [5, 5.41) is 3.09. The predicted octanol–water partition coefficient (Wildman–Crippen LogP) is 3.17. The van der Waals surface area contributed by atoms with E-state index in [9.17, 15) is 18.0 Å². The molecule has 6 nitrogen and oxygen atoms in total. The number of halogens is 3. The number of amides is 1. The van der Waals surface area contributed by atoms with Gasteiger partial charge in [-0.3, -0.25) is 4.79 Å². The predicted molar refractivity (Wildman–Crippen MR) is 103 cm³/mol. The maximum atomic E-state index is 12.8. The molecule has 1 amide bonds. The van der Waals surface area contributed by atoms with E-state index < -0.39 is 18.6 Å². The third-order valence-electron chi connectivity index (χ3n) is 4.05. The Bertz CT molecular complexity index is 1110. The number of benzene rings is 2. The van der Waals surface area contributed by atoms with E-state index in [1.54, 1.807) is 13.2 Å². The molecule has 0 aliphatic rings. The lowest BCUT2D eigenvalue weighted by atomic mass is 10.1. The summed E-state index contributed by atoms with van der Waals surface area (Å²) < 4.78 is 44.5. The molecule has 3 aromatic rings. The third-order valence-corrected chi connectivity index (χ3v) is 4.05. The Kier molecular flexibility index (Phi) is 5.64. The number of methoxy groups -OCH3 is 1. The zero-order valence-electron chi connectivity index (χ0n) is 15.4. The average Bonchev–Trinajstić information content (AvgIpc) is 3.05. The fourth-order valence-electron chi connectivity index (χ4n) is 2.82. The number of para-hydroxylation sites is 2. The molecule has 3 N–H and O–H groups in total. The number of alkyl halides is 3. The smallest absolute Gasteiger partial charge is 0.406 e. The van der Waals surface area contributed by atoms with Crippen LogP contribution in [0.5, 0.6) is 5.75 Å². The van der Waals surface area contributed by atoms with Crippen LogP contribution in [0.4, 0.5) is 18.9 Å². The van der Waals surface area contributed by atoms with Crippen molar-refractivity contribution in [1.82, 2.24) is 9.55 Å². The summed E-state index contributed by atoms with van der Waals surface area (Å²) in [6.45, 7) is -0.972. The number of carbonyl (C=O) groups is 1. The van der Waals surface area contributed by atoms with Crippen LogP contribution in [0.25, 0.3) is 11.0 Å². The molecular formula is C20H17F3N4O2. The molecule has 0 spiro atoms. The number of rotatable bonds is 5. The first-order valence-corrected chi connectivity index (χ1v) is 8.49. The molecule has 29 heavy (non-hydrogen) atoms. The van der Waals surface area contributed by atoms with Gasteiger partial charge in [-0.2, -0.15) is 13.2 Å². The van der Waals surface area contributed by atoms with Crippen LogP contribution < -0.4 is 15.8 Å². The first kappa shape index (κ1) is 20.1. The van der Waals surface area contributed by atoms with E-state index in [4.69, 9.17) is 10.5 Å². The summed E-state index contributed by atoms with van der Waals surface area (Å²) in [6, 6.07) is 10.2. The molecule has 0 aliphatic heterocycles. The number of ether oxygens (including phenoxy) is 1. The zero-order chi connectivity index (χ0) is 21.0. The number of hydrogen-bond donors (Lipinski definition) is 2. The van der Waals surface area contributed by atoms with Crippen molar-refractivity contribution in [3.63, 3.8) is 0 Å². The van der Waals surface area contributed by atoms with E-state index >= 15 is 0 Å². The van der Waals surface area contributed by atoms with E-state index in [-0.39, 0.29) is 23.1 Å². The molecule has 1 heterocycles. The van der Waals surface area contributed by atoms with Gasteiger partial charge < -0.3 is 20.4 Å². The molecule has 0 bridgehead atoms. The second-order valence-electron chi connectivity index (χ2n) is 6.10. The maximum absolute atomic E-state index is 12.8. The molecule has 0 saturated heterocycles. The molecule has 9 heteroatoms. The summed E-state index contributed by atoms with van der Waals surface area (Å²) in [5.74, 6) is 5.57. The van der Waals surface area contributed by atoms with Crippen molar-refractivity contribution in [2.24, 2.45) is 5.73 Å². The molecule has 1 aromatic heterocycles. The molecular weight excluding hydrogens is 385 g/mol. The van der Waals surface area contributed by atoms with Crippen LogP contribution in [-0.4, -0.2) is 35.3 Å². The molecule has 0 radical (unpaired) electrons. The van der Waals surface area contributed by atoms with Crippen LogP contribution in [0.15, 0.2) is 42.7 Å². The van der Waals surface area contributed by atoms with Gasteiger partial charge in [-0.1, -0.05) is 24.0 Å². The lowest BCUT2D eigenvalue weighted by Crippen LogP contribution is -2.17. The molecule has 150 valence electrons. The van der Waals surface area contributed by atoms with E-state index in [1.165, 1.54) is 12.1 Å². The lowest BCUT2D eigenvalue weighted by Gasteiger charge is -2.09. The van der Waals surface area contributed by atoms with Crippen LogP contribution in [0.1, 0.15) is 15.9 Å². The largest absolute Gasteiger partial charge is 0.495 e. The van der Waals surface area contributed by atoms with Gasteiger partial charge in [-0.25, -0.2) is 4.98 Å². The van der Waals surface area contributed by atoms with Crippen molar-refractivity contribution in [3.8, 4) is 17.6 Å². The van der Waals surface area contributed by atoms with Gasteiger partial charge in [0.25, 0.3) is 5.91 Å². The average molecular weight is 402 g/mol. The minimum Gasteiger partial charge on any atom is -0.495 e. The second kappa shape index (κ2) is 8.14. The minimum atomic E-state index is -4.43. The first-order valence-electron chi connectivity index (χ1n) is 8.49. The monoisotopic (exact) mass is 402 g/mol. The summed E-state index contributed by atoms with van der Waals surface area (Å²) in [7, 11) is 1.55. The standard InChI is InChI=1S/C20H17F3N4O2/c1-29-17-7-3-2-6-15(17)25-8-4-5-13-9-14(19(24)28)18-16(10-13)27(12-26-18)11-20(21,22)23/h2-3,6-7,9-10,12,25H,8,11H2,1H3,(H2,24,28). The minimum absolute atomic E-state index is 0.0189. The number of nitrogens with zero attached hydrogens (tertiary/aromatic N) is 2. The highest BCUT2D eigenvalue weighted by Gasteiger charge is 2.29. The molecule has 0 unspecified atom stereocenters. The topological polar surface area (TPSA) is 82.2 Å². The fraction of sp³-hybridized carbons (Fsp3) is 0.200. The first-order chi connectivity index (χ1) is 13.8. The van der Waals surface area contributed by atoms with Gasteiger partial charge in [0.1, 0.15) is 17.8 Å². The van der Waals surface area contributed by atoms with Gasteiger partial charge in [-0.05, 0) is 24.3 Å². The fourth-order valence-corrected chi connectivity index (χ4v) is 2.82. The molecule has 0 saturated carbocycles. The Morgan fingerprint density at radius 1 is 1.31 bits per heavy atom. The maximum Gasteiger partial charge on any atom is 0.406 e. The highest BCUT2D eigenvalue weighted by molar-refractivity contribution is 6.04. The number of nitrogens with one attached hydrogen (secondary N) is 1. The Morgan fingerprint density at radius 3 is 2.76 bits per heavy atom. The number of primary amides is 1. The van der Waals surface area contributed by atoms with E-state index in [1.807, 2.05) is 18.2 Å². The number of fused-ring (bicyclic) bond motifs is 1. The Balaban J connectivity index is 1.88. The van der Waals surface area contributed by atoms with Crippen LogP contribution in [0, 0.1) is 11.8 Å². The van der Waals surface area contributed by atoms with Crippen molar-refractivity contribution in [1.29, 1.82) is 0 Å². The Labute approximate surface area is 164 Å².